The fourth-order valence-corrected chi connectivity index (χ4v) is 2.01. The van der Waals surface area contributed by atoms with Crippen molar-refractivity contribution in [3.05, 3.63) is 52.8 Å². The molecule has 1 aromatic heterocycles. The summed E-state index contributed by atoms with van der Waals surface area (Å²) in [7, 11) is 0. The molecule has 1 atom stereocenters. The van der Waals surface area contributed by atoms with E-state index in [1.165, 1.54) is 0 Å². The number of aryl methyl sites for hydroxylation is 1. The van der Waals surface area contributed by atoms with Crippen LogP contribution < -0.4 is 10.1 Å². The van der Waals surface area contributed by atoms with E-state index in [4.69, 9.17) is 4.74 Å². The Kier molecular flexibility index (Phi) is 4.74. The first kappa shape index (κ1) is 14.5. The molecule has 0 aliphatic rings. The van der Waals surface area contributed by atoms with Crippen LogP contribution in [0.5, 0.6) is 5.75 Å². The van der Waals surface area contributed by atoms with E-state index in [9.17, 15) is 4.79 Å². The number of para-hydroxylation sites is 1. The molecule has 1 amide bonds. The maximum atomic E-state index is 12.1. The normalized spacial score (nSPS) is 11.8. The number of pyridine rings is 1. The number of nitrogens with one attached hydrogen (secondary N) is 1. The van der Waals surface area contributed by atoms with Gasteiger partial charge in [0.1, 0.15) is 5.75 Å². The zero-order valence-corrected chi connectivity index (χ0v) is 12.8. The maximum Gasteiger partial charge on any atom is 0.265 e. The first-order valence-corrected chi connectivity index (χ1v) is 7.00. The van der Waals surface area contributed by atoms with Crippen LogP contribution in [0.4, 0.5) is 5.69 Å². The summed E-state index contributed by atoms with van der Waals surface area (Å²) < 4.78 is 6.46. The molecule has 0 spiro atoms. The van der Waals surface area contributed by atoms with Gasteiger partial charge in [-0.05, 0) is 53.5 Å². The third-order valence-electron chi connectivity index (χ3n) is 2.79. The molecule has 2 aromatic rings. The Morgan fingerprint density at radius 3 is 2.80 bits per heavy atom. The highest BCUT2D eigenvalue weighted by Crippen LogP contribution is 2.25. The molecule has 2 rings (SSSR count). The highest BCUT2D eigenvalue weighted by atomic mass is 79.9. The molecular formula is C15H15BrN2O2. The van der Waals surface area contributed by atoms with Gasteiger partial charge in [-0.25, -0.2) is 0 Å². The van der Waals surface area contributed by atoms with E-state index in [1.54, 1.807) is 25.4 Å². The van der Waals surface area contributed by atoms with Crippen LogP contribution >= 0.6 is 15.9 Å². The summed E-state index contributed by atoms with van der Waals surface area (Å²) in [6.07, 6.45) is 2.75. The summed E-state index contributed by atoms with van der Waals surface area (Å²) in [4.78, 5) is 16.1. The smallest absolute Gasteiger partial charge is 0.265 e. The van der Waals surface area contributed by atoms with Gasteiger partial charge in [-0.3, -0.25) is 9.78 Å². The molecule has 0 saturated heterocycles. The van der Waals surface area contributed by atoms with Gasteiger partial charge in [-0.15, -0.1) is 0 Å². The van der Waals surface area contributed by atoms with E-state index >= 15 is 0 Å². The molecule has 1 aromatic carbocycles. The minimum absolute atomic E-state index is 0.199. The highest BCUT2D eigenvalue weighted by Gasteiger charge is 2.16. The Balaban J connectivity index is 2.03. The summed E-state index contributed by atoms with van der Waals surface area (Å²) in [5.74, 6) is 0.441. The Labute approximate surface area is 126 Å². The standard InChI is InChI=1S/C15H15BrN2O2/c1-10-9-17-8-7-13(10)18-15(19)11(2)20-14-6-4-3-5-12(14)16/h3-9,11H,1-2H3,(H,17,18,19)/t11-/m0/s1. The van der Waals surface area contributed by atoms with E-state index in [2.05, 4.69) is 26.2 Å². The largest absolute Gasteiger partial charge is 0.480 e. The van der Waals surface area contributed by atoms with Crippen molar-refractivity contribution < 1.29 is 9.53 Å². The number of carbonyl (C=O) groups is 1. The second-order valence-electron chi connectivity index (χ2n) is 4.37. The SMILES string of the molecule is Cc1cnccc1NC(=O)[C@H](C)Oc1ccccc1Br. The zero-order chi connectivity index (χ0) is 14.5. The first-order valence-electron chi connectivity index (χ1n) is 6.20. The number of anilines is 1. The third-order valence-corrected chi connectivity index (χ3v) is 3.44. The van der Waals surface area contributed by atoms with E-state index in [0.717, 1.165) is 15.7 Å². The van der Waals surface area contributed by atoms with Crippen LogP contribution in [0.1, 0.15) is 12.5 Å². The quantitative estimate of drug-likeness (QED) is 0.929. The average Bonchev–Trinajstić information content (AvgIpc) is 2.43. The zero-order valence-electron chi connectivity index (χ0n) is 11.3. The van der Waals surface area contributed by atoms with Crippen molar-refractivity contribution in [2.45, 2.75) is 20.0 Å². The average molecular weight is 335 g/mol. The van der Waals surface area contributed by atoms with Gasteiger partial charge >= 0.3 is 0 Å². The fraction of sp³-hybridized carbons (Fsp3) is 0.200. The van der Waals surface area contributed by atoms with Gasteiger partial charge in [0.25, 0.3) is 5.91 Å². The molecule has 5 heteroatoms. The molecule has 0 fully saturated rings. The molecule has 0 bridgehead atoms. The van der Waals surface area contributed by atoms with Crippen LogP contribution in [0.15, 0.2) is 47.2 Å². The number of rotatable bonds is 4. The van der Waals surface area contributed by atoms with Crippen LogP contribution in [0.3, 0.4) is 0 Å². The number of amides is 1. The Hall–Kier alpha value is -1.88. The summed E-state index contributed by atoms with van der Waals surface area (Å²) in [6, 6.07) is 9.19. The molecule has 1 heterocycles. The Morgan fingerprint density at radius 2 is 2.10 bits per heavy atom. The van der Waals surface area contributed by atoms with Crippen molar-refractivity contribution in [2.75, 3.05) is 5.32 Å². The van der Waals surface area contributed by atoms with Crippen molar-refractivity contribution in [3.8, 4) is 5.75 Å². The number of nitrogens with zero attached hydrogens (tertiary/aromatic N) is 1. The van der Waals surface area contributed by atoms with Gasteiger partial charge in [0.2, 0.25) is 0 Å². The first-order chi connectivity index (χ1) is 9.58. The fourth-order valence-electron chi connectivity index (χ4n) is 1.63. The molecule has 104 valence electrons. The van der Waals surface area contributed by atoms with Gasteiger partial charge in [0.05, 0.1) is 4.47 Å². The number of halogens is 1. The Morgan fingerprint density at radius 1 is 1.35 bits per heavy atom. The van der Waals surface area contributed by atoms with Crippen molar-refractivity contribution in [1.29, 1.82) is 0 Å². The van der Waals surface area contributed by atoms with E-state index in [0.29, 0.717) is 5.75 Å². The van der Waals surface area contributed by atoms with Crippen molar-refractivity contribution in [3.63, 3.8) is 0 Å². The number of hydrogen-bond acceptors (Lipinski definition) is 3. The van der Waals surface area contributed by atoms with Gasteiger partial charge in [0, 0.05) is 18.1 Å². The topological polar surface area (TPSA) is 51.2 Å². The minimum atomic E-state index is -0.596. The number of carbonyl (C=O) groups excluding carboxylic acids is 1. The summed E-state index contributed by atoms with van der Waals surface area (Å²) in [5, 5.41) is 2.83. The van der Waals surface area contributed by atoms with Crippen LogP contribution in [-0.2, 0) is 4.79 Å². The number of hydrogen-bond donors (Lipinski definition) is 1. The van der Waals surface area contributed by atoms with Crippen LogP contribution in [-0.4, -0.2) is 17.0 Å². The second kappa shape index (κ2) is 6.52. The lowest BCUT2D eigenvalue weighted by atomic mass is 10.2. The predicted molar refractivity (Wildman–Crippen MR) is 81.8 cm³/mol. The lowest BCUT2D eigenvalue weighted by Gasteiger charge is -2.16. The summed E-state index contributed by atoms with van der Waals surface area (Å²) in [5.41, 5.74) is 1.65. The molecule has 0 unspecified atom stereocenters. The molecule has 4 nitrogen and oxygen atoms in total. The van der Waals surface area contributed by atoms with Crippen LogP contribution in [0, 0.1) is 6.92 Å². The molecule has 0 aliphatic carbocycles. The molecular weight excluding hydrogens is 320 g/mol. The summed E-state index contributed by atoms with van der Waals surface area (Å²) in [6.45, 7) is 3.60. The second-order valence-corrected chi connectivity index (χ2v) is 5.22. The molecule has 0 radical (unpaired) electrons. The number of ether oxygens (including phenoxy) is 1. The predicted octanol–water partition coefficient (Wildman–Crippen LogP) is 3.56. The van der Waals surface area contributed by atoms with Crippen molar-refractivity contribution in [1.82, 2.24) is 4.98 Å². The van der Waals surface area contributed by atoms with Crippen molar-refractivity contribution >= 4 is 27.5 Å². The van der Waals surface area contributed by atoms with E-state index in [-0.39, 0.29) is 5.91 Å². The maximum absolute atomic E-state index is 12.1. The lowest BCUT2D eigenvalue weighted by molar-refractivity contribution is -0.122. The molecule has 1 N–H and O–H groups in total. The summed E-state index contributed by atoms with van der Waals surface area (Å²) >= 11 is 3.39. The monoisotopic (exact) mass is 334 g/mol. The third kappa shape index (κ3) is 3.57. The highest BCUT2D eigenvalue weighted by molar-refractivity contribution is 9.10. The van der Waals surface area contributed by atoms with E-state index < -0.39 is 6.10 Å². The lowest BCUT2D eigenvalue weighted by Crippen LogP contribution is -2.30. The number of aromatic nitrogens is 1. The van der Waals surface area contributed by atoms with Gasteiger partial charge in [-0.1, -0.05) is 12.1 Å². The minimum Gasteiger partial charge on any atom is -0.480 e. The number of benzene rings is 1. The molecule has 20 heavy (non-hydrogen) atoms. The van der Waals surface area contributed by atoms with Crippen LogP contribution in [0.25, 0.3) is 0 Å². The van der Waals surface area contributed by atoms with Crippen molar-refractivity contribution in [2.24, 2.45) is 0 Å². The Bertz CT molecular complexity index is 616. The van der Waals surface area contributed by atoms with Gasteiger partial charge < -0.3 is 10.1 Å². The molecule has 0 aliphatic heterocycles. The molecule has 0 saturated carbocycles. The van der Waals surface area contributed by atoms with Gasteiger partial charge in [-0.2, -0.15) is 0 Å². The van der Waals surface area contributed by atoms with E-state index in [1.807, 2.05) is 31.2 Å². The van der Waals surface area contributed by atoms with Crippen LogP contribution in [0.2, 0.25) is 0 Å². The van der Waals surface area contributed by atoms with Gasteiger partial charge in [0.15, 0.2) is 6.10 Å².